The van der Waals surface area contributed by atoms with Crippen LogP contribution in [0.5, 0.6) is 0 Å². The summed E-state index contributed by atoms with van der Waals surface area (Å²) in [5.41, 5.74) is 0.599. The van der Waals surface area contributed by atoms with Gasteiger partial charge in [0.15, 0.2) is 0 Å². The Labute approximate surface area is 131 Å². The van der Waals surface area contributed by atoms with Gasteiger partial charge in [0.05, 0.1) is 19.7 Å². The van der Waals surface area contributed by atoms with Gasteiger partial charge in [0.2, 0.25) is 0 Å². The quantitative estimate of drug-likeness (QED) is 0.318. The zero-order chi connectivity index (χ0) is 12.7. The topological polar surface area (TPSA) is 26.3 Å². The molecule has 0 aromatic carbocycles. The number of unbranched alkanes of at least 4 members (excludes halogenated alkanes) is 3. The summed E-state index contributed by atoms with van der Waals surface area (Å²) >= 11 is 11.5. The number of rotatable bonds is 7. The van der Waals surface area contributed by atoms with Crippen LogP contribution in [0.3, 0.4) is 0 Å². The molecule has 0 N–H and O–H groups in total. The van der Waals surface area contributed by atoms with E-state index >= 15 is 0 Å². The van der Waals surface area contributed by atoms with E-state index in [0.717, 1.165) is 25.7 Å². The minimum Gasteiger partial charge on any atom is -0.462 e. The second-order valence-corrected chi connectivity index (χ2v) is 8.02. The Morgan fingerprint density at radius 1 is 1.24 bits per heavy atom. The average molecular weight is 449 g/mol. The highest BCUT2D eigenvalue weighted by Crippen LogP contribution is 2.32. The molecule has 0 bridgehead atoms. The number of alkyl halides is 1. The van der Waals surface area contributed by atoms with Gasteiger partial charge in [-0.25, -0.2) is 4.79 Å². The van der Waals surface area contributed by atoms with E-state index in [0.29, 0.717) is 12.2 Å². The van der Waals surface area contributed by atoms with Crippen molar-refractivity contribution in [1.29, 1.82) is 0 Å². The van der Waals surface area contributed by atoms with Crippen molar-refractivity contribution >= 4 is 65.1 Å². The van der Waals surface area contributed by atoms with Crippen LogP contribution in [-0.4, -0.2) is 17.9 Å². The maximum atomic E-state index is 11.7. The van der Waals surface area contributed by atoms with E-state index in [-0.39, 0.29) is 5.97 Å². The number of hydrogen-bond acceptors (Lipinski definition) is 3. The van der Waals surface area contributed by atoms with Crippen molar-refractivity contribution in [3.63, 3.8) is 0 Å². The molecule has 0 aliphatic rings. The zero-order valence-corrected chi connectivity index (χ0v) is 14.8. The van der Waals surface area contributed by atoms with Crippen molar-refractivity contribution in [1.82, 2.24) is 0 Å². The third-order valence-corrected chi connectivity index (χ3v) is 5.04. The summed E-state index contributed by atoms with van der Waals surface area (Å²) < 4.78 is 6.95. The Morgan fingerprint density at radius 3 is 2.53 bits per heavy atom. The Balaban J connectivity index is 2.23. The van der Waals surface area contributed by atoms with E-state index in [1.807, 2.05) is 0 Å². The van der Waals surface area contributed by atoms with E-state index in [4.69, 9.17) is 4.74 Å². The molecule has 0 unspecified atom stereocenters. The first-order chi connectivity index (χ1) is 8.15. The lowest BCUT2D eigenvalue weighted by atomic mass is 10.2. The van der Waals surface area contributed by atoms with Gasteiger partial charge in [0.25, 0.3) is 0 Å². The van der Waals surface area contributed by atoms with Crippen LogP contribution in [0.25, 0.3) is 0 Å². The predicted molar refractivity (Wildman–Crippen MR) is 82.3 cm³/mol. The summed E-state index contributed by atoms with van der Waals surface area (Å²) in [6.07, 6.45) is 4.39. The molecule has 0 fully saturated rings. The zero-order valence-electron chi connectivity index (χ0n) is 9.18. The first-order valence-corrected chi connectivity index (χ1v) is 8.85. The Hall–Kier alpha value is 0.610. The highest BCUT2D eigenvalue weighted by molar-refractivity contribution is 9.12. The number of esters is 1. The van der Waals surface area contributed by atoms with Gasteiger partial charge < -0.3 is 4.74 Å². The van der Waals surface area contributed by atoms with Crippen LogP contribution >= 0.6 is 59.1 Å². The number of carbonyl (C=O) groups is 1. The summed E-state index contributed by atoms with van der Waals surface area (Å²) in [5.74, 6) is -0.251. The molecule has 17 heavy (non-hydrogen) atoms. The lowest BCUT2D eigenvalue weighted by molar-refractivity contribution is 0.0497. The first-order valence-electron chi connectivity index (χ1n) is 5.33. The van der Waals surface area contributed by atoms with Crippen molar-refractivity contribution in [2.45, 2.75) is 25.7 Å². The van der Waals surface area contributed by atoms with E-state index < -0.39 is 0 Å². The third kappa shape index (κ3) is 5.85. The SMILES string of the molecule is O=C(OCCCCCCBr)c1cc(Br)sc1Br. The molecule has 2 nitrogen and oxygen atoms in total. The fraction of sp³-hybridized carbons (Fsp3) is 0.545. The molecule has 0 aliphatic heterocycles. The second kappa shape index (κ2) is 8.67. The molecule has 96 valence electrons. The van der Waals surface area contributed by atoms with Crippen LogP contribution < -0.4 is 0 Å². The maximum Gasteiger partial charge on any atom is 0.340 e. The molecule has 0 spiro atoms. The second-order valence-electron chi connectivity index (χ2n) is 3.48. The van der Waals surface area contributed by atoms with Crippen molar-refractivity contribution < 1.29 is 9.53 Å². The molecule has 1 rings (SSSR count). The van der Waals surface area contributed by atoms with Gasteiger partial charge >= 0.3 is 5.97 Å². The molecule has 0 saturated carbocycles. The minimum absolute atomic E-state index is 0.251. The number of ether oxygens (including phenoxy) is 1. The number of halogens is 3. The summed E-state index contributed by atoms with van der Waals surface area (Å²) in [7, 11) is 0. The van der Waals surface area contributed by atoms with Gasteiger partial charge in [-0.3, -0.25) is 0 Å². The van der Waals surface area contributed by atoms with Gasteiger partial charge in [-0.05, 0) is 50.8 Å². The van der Waals surface area contributed by atoms with Crippen LogP contribution in [0.2, 0.25) is 0 Å². The van der Waals surface area contributed by atoms with Gasteiger partial charge in [0, 0.05) is 5.33 Å². The minimum atomic E-state index is -0.251. The van der Waals surface area contributed by atoms with Gasteiger partial charge in [-0.1, -0.05) is 28.8 Å². The molecule has 0 amide bonds. The summed E-state index contributed by atoms with van der Waals surface area (Å²) in [5, 5.41) is 1.04. The van der Waals surface area contributed by atoms with Crippen molar-refractivity contribution in [2.75, 3.05) is 11.9 Å². The van der Waals surface area contributed by atoms with Gasteiger partial charge in [-0.15, -0.1) is 11.3 Å². The molecule has 0 saturated heterocycles. The first kappa shape index (κ1) is 15.7. The van der Waals surface area contributed by atoms with Crippen LogP contribution in [0.15, 0.2) is 13.6 Å². The fourth-order valence-electron chi connectivity index (χ4n) is 1.27. The Kier molecular flexibility index (Phi) is 7.99. The highest BCUT2D eigenvalue weighted by Gasteiger charge is 2.14. The number of carbonyl (C=O) groups excluding carboxylic acids is 1. The summed E-state index contributed by atoms with van der Waals surface area (Å²) in [4.78, 5) is 11.7. The average Bonchev–Trinajstić information content (AvgIpc) is 2.62. The van der Waals surface area contributed by atoms with Gasteiger partial charge in [0.1, 0.15) is 0 Å². The van der Waals surface area contributed by atoms with Crippen molar-refractivity contribution in [3.8, 4) is 0 Å². The number of hydrogen-bond donors (Lipinski definition) is 0. The van der Waals surface area contributed by atoms with E-state index in [1.54, 1.807) is 6.07 Å². The molecular weight excluding hydrogens is 436 g/mol. The smallest absolute Gasteiger partial charge is 0.340 e. The lowest BCUT2D eigenvalue weighted by Gasteiger charge is -2.03. The number of thiophene rings is 1. The highest BCUT2D eigenvalue weighted by atomic mass is 79.9. The molecule has 1 aromatic heterocycles. The summed E-state index contributed by atoms with van der Waals surface area (Å²) in [6, 6.07) is 1.78. The molecule has 6 heteroatoms. The fourth-order valence-corrected chi connectivity index (χ4v) is 4.43. The maximum absolute atomic E-state index is 11.7. The van der Waals surface area contributed by atoms with Crippen LogP contribution in [0, 0.1) is 0 Å². The van der Waals surface area contributed by atoms with E-state index in [1.165, 1.54) is 24.2 Å². The van der Waals surface area contributed by atoms with E-state index in [2.05, 4.69) is 47.8 Å². The van der Waals surface area contributed by atoms with Gasteiger partial charge in [-0.2, -0.15) is 0 Å². The Morgan fingerprint density at radius 2 is 1.94 bits per heavy atom. The van der Waals surface area contributed by atoms with Crippen molar-refractivity contribution in [2.24, 2.45) is 0 Å². The summed E-state index contributed by atoms with van der Waals surface area (Å²) in [6.45, 7) is 0.501. The standard InChI is InChI=1S/C11H13Br3O2S/c12-5-3-1-2-4-6-16-11(15)8-7-9(13)17-10(8)14/h7H,1-6H2. The lowest BCUT2D eigenvalue weighted by Crippen LogP contribution is -2.05. The third-order valence-electron chi connectivity index (χ3n) is 2.14. The molecule has 0 aliphatic carbocycles. The van der Waals surface area contributed by atoms with Crippen LogP contribution in [0.1, 0.15) is 36.0 Å². The Bertz CT molecular complexity index is 366. The monoisotopic (exact) mass is 446 g/mol. The molecular formula is C11H13Br3O2S. The van der Waals surface area contributed by atoms with Crippen LogP contribution in [0.4, 0.5) is 0 Å². The van der Waals surface area contributed by atoms with Crippen LogP contribution in [-0.2, 0) is 4.74 Å². The predicted octanol–water partition coefficient (Wildman–Crippen LogP) is 5.39. The molecule has 0 atom stereocenters. The molecule has 1 heterocycles. The normalized spacial score (nSPS) is 10.5. The largest absolute Gasteiger partial charge is 0.462 e. The van der Waals surface area contributed by atoms with E-state index in [9.17, 15) is 4.79 Å². The van der Waals surface area contributed by atoms with Crippen molar-refractivity contribution in [3.05, 3.63) is 19.2 Å². The molecule has 1 aromatic rings. The molecule has 0 radical (unpaired) electrons.